The molecule has 0 atom stereocenters. The number of nitrogens with one attached hydrogen (secondary N) is 1. The predicted molar refractivity (Wildman–Crippen MR) is 83.4 cm³/mol. The van der Waals surface area contributed by atoms with Gasteiger partial charge in [-0.1, -0.05) is 23.7 Å². The zero-order valence-corrected chi connectivity index (χ0v) is 11.6. The van der Waals surface area contributed by atoms with Crippen LogP contribution in [-0.2, 0) is 0 Å². The first-order valence-electron chi connectivity index (χ1n) is 6.16. The number of hydrogen-bond acceptors (Lipinski definition) is 5. The van der Waals surface area contributed by atoms with Crippen molar-refractivity contribution in [2.75, 3.05) is 11.1 Å². The molecule has 6 heteroatoms. The Bertz CT molecular complexity index is 870. The van der Waals surface area contributed by atoms with Gasteiger partial charge in [-0.05, 0) is 30.3 Å². The fourth-order valence-corrected chi connectivity index (χ4v) is 2.23. The first-order chi connectivity index (χ1) is 10.2. The van der Waals surface area contributed by atoms with Crippen LogP contribution >= 0.6 is 11.6 Å². The third kappa shape index (κ3) is 2.57. The molecular weight excluding hydrogens is 286 g/mol. The molecule has 3 aromatic rings. The van der Waals surface area contributed by atoms with Gasteiger partial charge in [0.2, 0.25) is 5.95 Å². The average molecular weight is 296 g/mol. The lowest BCUT2D eigenvalue weighted by Gasteiger charge is -2.10. The van der Waals surface area contributed by atoms with Crippen LogP contribution in [0.2, 0.25) is 5.02 Å². The summed E-state index contributed by atoms with van der Waals surface area (Å²) in [6.07, 6.45) is 0. The maximum absolute atomic E-state index is 8.85. The van der Waals surface area contributed by atoms with Gasteiger partial charge in [0.15, 0.2) is 0 Å². The fourth-order valence-electron chi connectivity index (χ4n) is 2.00. The summed E-state index contributed by atoms with van der Waals surface area (Å²) in [6.45, 7) is 0. The Kier molecular flexibility index (Phi) is 3.30. The molecule has 0 saturated carbocycles. The lowest BCUT2D eigenvalue weighted by Crippen LogP contribution is -2.01. The van der Waals surface area contributed by atoms with Crippen molar-refractivity contribution in [3.8, 4) is 6.07 Å². The van der Waals surface area contributed by atoms with Gasteiger partial charge in [0, 0.05) is 5.39 Å². The molecule has 0 aliphatic heterocycles. The molecule has 5 nitrogen and oxygen atoms in total. The van der Waals surface area contributed by atoms with Gasteiger partial charge < -0.3 is 11.1 Å². The Morgan fingerprint density at radius 3 is 2.71 bits per heavy atom. The van der Waals surface area contributed by atoms with Crippen LogP contribution in [0.25, 0.3) is 10.9 Å². The molecule has 0 fully saturated rings. The number of anilines is 3. The van der Waals surface area contributed by atoms with E-state index < -0.39 is 0 Å². The Morgan fingerprint density at radius 2 is 1.95 bits per heavy atom. The second kappa shape index (κ2) is 5.27. The number of para-hydroxylation sites is 1. The Labute approximate surface area is 126 Å². The van der Waals surface area contributed by atoms with Crippen molar-refractivity contribution in [2.45, 2.75) is 0 Å². The molecule has 0 bridgehead atoms. The van der Waals surface area contributed by atoms with Gasteiger partial charge in [0.1, 0.15) is 5.82 Å². The number of rotatable bonds is 2. The van der Waals surface area contributed by atoms with Gasteiger partial charge in [0.25, 0.3) is 0 Å². The van der Waals surface area contributed by atoms with Crippen LogP contribution in [-0.4, -0.2) is 9.97 Å². The minimum absolute atomic E-state index is 0.181. The van der Waals surface area contributed by atoms with E-state index in [-0.39, 0.29) is 5.95 Å². The van der Waals surface area contributed by atoms with E-state index in [1.165, 1.54) is 0 Å². The predicted octanol–water partition coefficient (Wildman–Crippen LogP) is 3.48. The molecule has 0 amide bonds. The van der Waals surface area contributed by atoms with E-state index >= 15 is 0 Å². The van der Waals surface area contributed by atoms with Crippen LogP contribution in [0.5, 0.6) is 0 Å². The number of aromatic nitrogens is 2. The van der Waals surface area contributed by atoms with Gasteiger partial charge in [-0.2, -0.15) is 10.2 Å². The van der Waals surface area contributed by atoms with Crippen LogP contribution in [0.15, 0.2) is 42.5 Å². The van der Waals surface area contributed by atoms with Gasteiger partial charge in [-0.25, -0.2) is 4.98 Å². The molecule has 102 valence electrons. The summed E-state index contributed by atoms with van der Waals surface area (Å²) in [5.41, 5.74) is 7.62. The van der Waals surface area contributed by atoms with E-state index in [1.807, 2.05) is 30.3 Å². The van der Waals surface area contributed by atoms with Crippen molar-refractivity contribution in [3.05, 3.63) is 53.1 Å². The molecule has 3 rings (SSSR count). The van der Waals surface area contributed by atoms with Gasteiger partial charge >= 0.3 is 0 Å². The van der Waals surface area contributed by atoms with Gasteiger partial charge in [-0.3, -0.25) is 0 Å². The molecule has 21 heavy (non-hydrogen) atoms. The summed E-state index contributed by atoms with van der Waals surface area (Å²) >= 11 is 6.16. The summed E-state index contributed by atoms with van der Waals surface area (Å²) in [5, 5.41) is 13.3. The van der Waals surface area contributed by atoms with Crippen molar-refractivity contribution in [1.29, 1.82) is 5.26 Å². The zero-order valence-electron chi connectivity index (χ0n) is 10.8. The molecule has 1 aromatic heterocycles. The van der Waals surface area contributed by atoms with E-state index in [0.29, 0.717) is 22.1 Å². The highest BCUT2D eigenvalue weighted by Gasteiger charge is 2.08. The van der Waals surface area contributed by atoms with Crippen molar-refractivity contribution in [2.24, 2.45) is 0 Å². The number of hydrogen-bond donors (Lipinski definition) is 2. The van der Waals surface area contributed by atoms with Crippen LogP contribution in [0.1, 0.15) is 5.56 Å². The highest BCUT2D eigenvalue weighted by Crippen LogP contribution is 2.29. The first-order valence-corrected chi connectivity index (χ1v) is 6.54. The quantitative estimate of drug-likeness (QED) is 0.755. The highest BCUT2D eigenvalue weighted by molar-refractivity contribution is 6.33. The monoisotopic (exact) mass is 295 g/mol. The molecule has 0 radical (unpaired) electrons. The average Bonchev–Trinajstić information content (AvgIpc) is 2.49. The summed E-state index contributed by atoms with van der Waals surface area (Å²) in [6, 6.07) is 14.6. The standard InChI is InChI=1S/C15H10ClN5/c16-11-7-9(8-17)5-6-13(11)19-14-10-3-1-2-4-12(10)20-15(18)21-14/h1-7H,(H3,18,19,20,21). The van der Waals surface area contributed by atoms with Crippen molar-refractivity contribution < 1.29 is 0 Å². The van der Waals surface area contributed by atoms with Crippen molar-refractivity contribution >= 4 is 40.0 Å². The minimum atomic E-state index is 0.181. The number of fused-ring (bicyclic) bond motifs is 1. The van der Waals surface area contributed by atoms with Gasteiger partial charge in [0.05, 0.1) is 27.9 Å². The Morgan fingerprint density at radius 1 is 1.14 bits per heavy atom. The summed E-state index contributed by atoms with van der Waals surface area (Å²) < 4.78 is 0. The van der Waals surface area contributed by atoms with Crippen molar-refractivity contribution in [3.63, 3.8) is 0 Å². The van der Waals surface area contributed by atoms with E-state index in [0.717, 1.165) is 10.9 Å². The van der Waals surface area contributed by atoms with Gasteiger partial charge in [-0.15, -0.1) is 0 Å². The normalized spacial score (nSPS) is 10.3. The fraction of sp³-hybridized carbons (Fsp3) is 0. The topological polar surface area (TPSA) is 87.6 Å². The number of nitriles is 1. The van der Waals surface area contributed by atoms with Crippen LogP contribution in [0.4, 0.5) is 17.5 Å². The number of benzene rings is 2. The lowest BCUT2D eigenvalue weighted by atomic mass is 10.2. The lowest BCUT2D eigenvalue weighted by molar-refractivity contribution is 1.23. The third-order valence-electron chi connectivity index (χ3n) is 2.97. The van der Waals surface area contributed by atoms with Crippen molar-refractivity contribution in [1.82, 2.24) is 9.97 Å². The summed E-state index contributed by atoms with van der Waals surface area (Å²) in [7, 11) is 0. The number of nitrogens with zero attached hydrogens (tertiary/aromatic N) is 3. The van der Waals surface area contributed by atoms with E-state index in [9.17, 15) is 0 Å². The number of halogens is 1. The number of nitrogens with two attached hydrogens (primary N) is 1. The zero-order chi connectivity index (χ0) is 14.8. The maximum Gasteiger partial charge on any atom is 0.222 e. The molecule has 0 aliphatic rings. The second-order valence-electron chi connectivity index (χ2n) is 4.38. The number of nitrogen functional groups attached to an aromatic ring is 1. The third-order valence-corrected chi connectivity index (χ3v) is 3.28. The molecule has 0 saturated heterocycles. The smallest absolute Gasteiger partial charge is 0.222 e. The molecule has 2 aromatic carbocycles. The molecule has 0 spiro atoms. The second-order valence-corrected chi connectivity index (χ2v) is 4.79. The van der Waals surface area contributed by atoms with E-state index in [2.05, 4.69) is 15.3 Å². The Hall–Kier alpha value is -2.84. The highest BCUT2D eigenvalue weighted by atomic mass is 35.5. The molecule has 1 heterocycles. The van der Waals surface area contributed by atoms with Crippen LogP contribution in [0.3, 0.4) is 0 Å². The molecule has 0 unspecified atom stereocenters. The minimum Gasteiger partial charge on any atom is -0.368 e. The maximum atomic E-state index is 8.85. The van der Waals surface area contributed by atoms with E-state index in [1.54, 1.807) is 18.2 Å². The summed E-state index contributed by atoms with van der Waals surface area (Å²) in [5.74, 6) is 0.755. The Balaban J connectivity index is 2.08. The first kappa shape index (κ1) is 13.2. The largest absolute Gasteiger partial charge is 0.368 e. The van der Waals surface area contributed by atoms with E-state index in [4.69, 9.17) is 22.6 Å². The summed E-state index contributed by atoms with van der Waals surface area (Å²) in [4.78, 5) is 8.39. The molecule has 3 N–H and O–H groups in total. The molecular formula is C15H10ClN5. The van der Waals surface area contributed by atoms with Crippen LogP contribution in [0, 0.1) is 11.3 Å². The molecule has 0 aliphatic carbocycles. The SMILES string of the molecule is N#Cc1ccc(Nc2nc(N)nc3ccccc23)c(Cl)c1. The van der Waals surface area contributed by atoms with Crippen LogP contribution < -0.4 is 11.1 Å².